The summed E-state index contributed by atoms with van der Waals surface area (Å²) in [4.78, 5) is 13.7. The van der Waals surface area contributed by atoms with E-state index in [9.17, 15) is 32.2 Å². The minimum absolute atomic E-state index is 0.0303. The molecule has 0 spiro atoms. The molecule has 7 atom stereocenters. The van der Waals surface area contributed by atoms with Gasteiger partial charge in [-0.2, -0.15) is 18.2 Å². The van der Waals surface area contributed by atoms with Crippen LogP contribution in [0.4, 0.5) is 45.2 Å². The van der Waals surface area contributed by atoms with Crippen LogP contribution in [-0.2, 0) is 0 Å². The van der Waals surface area contributed by atoms with Gasteiger partial charge in [-0.3, -0.25) is 0 Å². The lowest BCUT2D eigenvalue weighted by atomic mass is 9.82. The van der Waals surface area contributed by atoms with Crippen molar-refractivity contribution in [3.8, 4) is 0 Å². The minimum atomic E-state index is -4.47. The lowest BCUT2D eigenvalue weighted by Gasteiger charge is -2.34. The second-order valence-electron chi connectivity index (χ2n) is 8.72. The van der Waals surface area contributed by atoms with Crippen molar-refractivity contribution in [1.82, 2.24) is 15.0 Å². The molecule has 2 aliphatic rings. The molecular weight excluding hydrogens is 463 g/mol. The van der Waals surface area contributed by atoms with E-state index in [-0.39, 0.29) is 30.7 Å². The van der Waals surface area contributed by atoms with Crippen molar-refractivity contribution >= 4 is 23.3 Å². The van der Waals surface area contributed by atoms with Gasteiger partial charge in [-0.05, 0) is 24.6 Å². The number of aromatic nitrogens is 3. The zero-order chi connectivity index (χ0) is 24.8. The molecule has 1 saturated heterocycles. The van der Waals surface area contributed by atoms with Crippen LogP contribution in [0.25, 0.3) is 0 Å². The standard InChI is InChI=1S/C21H25F5N6O2/c1-9(21(24,25)26)17-11-5-16(28-6-14(11)29-18(17)10(2)33)30-15-3-4-27-20(31-15)32-7-12(22)19(34)13(23)8-32/h3-6,9-10,12-13,17-19,29,33-34H,7-8H2,1-2H3,(H,27,28,30,31)/t9-,10-,12-,13+,17?,18?,19-/m1/s1. The monoisotopic (exact) mass is 488 g/mol. The largest absolute Gasteiger partial charge is 0.392 e. The molecule has 0 radical (unpaired) electrons. The van der Waals surface area contributed by atoms with Crippen LogP contribution in [0, 0.1) is 5.92 Å². The van der Waals surface area contributed by atoms with Gasteiger partial charge >= 0.3 is 6.18 Å². The Kier molecular flexibility index (Phi) is 6.51. The molecule has 34 heavy (non-hydrogen) atoms. The molecule has 0 amide bonds. The number of anilines is 4. The molecular formula is C21H25F5N6O2. The zero-order valence-corrected chi connectivity index (χ0v) is 18.3. The van der Waals surface area contributed by atoms with Crippen molar-refractivity contribution in [1.29, 1.82) is 0 Å². The van der Waals surface area contributed by atoms with Gasteiger partial charge in [0.2, 0.25) is 5.95 Å². The molecule has 13 heteroatoms. The number of alkyl halides is 5. The van der Waals surface area contributed by atoms with Crippen molar-refractivity contribution < 1.29 is 32.2 Å². The van der Waals surface area contributed by atoms with E-state index >= 15 is 0 Å². The molecule has 0 aromatic carbocycles. The third kappa shape index (κ3) is 4.71. The normalized spacial score (nSPS) is 28.7. The topological polar surface area (TPSA) is 106 Å². The highest BCUT2D eigenvalue weighted by Gasteiger charge is 2.49. The van der Waals surface area contributed by atoms with Crippen LogP contribution in [0.5, 0.6) is 0 Å². The number of halogens is 5. The summed E-state index contributed by atoms with van der Waals surface area (Å²) in [6.07, 6.45) is -8.07. The average molecular weight is 488 g/mol. The predicted octanol–water partition coefficient (Wildman–Crippen LogP) is 2.93. The van der Waals surface area contributed by atoms with Gasteiger partial charge in [-0.1, -0.05) is 6.92 Å². The fourth-order valence-electron chi connectivity index (χ4n) is 4.41. The third-order valence-electron chi connectivity index (χ3n) is 6.29. The van der Waals surface area contributed by atoms with E-state index in [0.29, 0.717) is 11.3 Å². The Hall–Kier alpha value is -2.80. The second kappa shape index (κ2) is 9.10. The summed E-state index contributed by atoms with van der Waals surface area (Å²) in [5.74, 6) is -2.31. The van der Waals surface area contributed by atoms with E-state index in [0.717, 1.165) is 6.92 Å². The van der Waals surface area contributed by atoms with E-state index in [1.165, 1.54) is 36.4 Å². The fraction of sp³-hybridized carbons (Fsp3) is 0.571. The quantitative estimate of drug-likeness (QED) is 0.476. The molecule has 4 N–H and O–H groups in total. The summed E-state index contributed by atoms with van der Waals surface area (Å²) < 4.78 is 68.4. The highest BCUT2D eigenvalue weighted by Crippen LogP contribution is 2.47. The summed E-state index contributed by atoms with van der Waals surface area (Å²) in [6.45, 7) is 1.93. The van der Waals surface area contributed by atoms with Crippen LogP contribution in [0.3, 0.4) is 0 Å². The van der Waals surface area contributed by atoms with Crippen LogP contribution in [0.15, 0.2) is 24.5 Å². The lowest BCUT2D eigenvalue weighted by molar-refractivity contribution is -0.177. The maximum Gasteiger partial charge on any atom is 0.392 e. The van der Waals surface area contributed by atoms with Crippen LogP contribution in [0.1, 0.15) is 25.3 Å². The molecule has 0 aliphatic carbocycles. The lowest BCUT2D eigenvalue weighted by Crippen LogP contribution is -2.52. The first-order chi connectivity index (χ1) is 16.0. The fourth-order valence-corrected chi connectivity index (χ4v) is 4.41. The summed E-state index contributed by atoms with van der Waals surface area (Å²) in [6, 6.07) is 2.10. The molecule has 2 aromatic heterocycles. The van der Waals surface area contributed by atoms with Crippen molar-refractivity contribution in [2.75, 3.05) is 28.6 Å². The molecule has 4 heterocycles. The van der Waals surface area contributed by atoms with Gasteiger partial charge in [-0.25, -0.2) is 18.7 Å². The predicted molar refractivity (Wildman–Crippen MR) is 115 cm³/mol. The number of nitrogens with zero attached hydrogens (tertiary/aromatic N) is 4. The summed E-state index contributed by atoms with van der Waals surface area (Å²) in [5, 5.41) is 25.4. The Morgan fingerprint density at radius 2 is 1.82 bits per heavy atom. The van der Waals surface area contributed by atoms with Gasteiger partial charge < -0.3 is 25.7 Å². The second-order valence-corrected chi connectivity index (χ2v) is 8.72. The van der Waals surface area contributed by atoms with Gasteiger partial charge in [0.25, 0.3) is 0 Å². The molecule has 2 aromatic rings. The Balaban J connectivity index is 1.58. The van der Waals surface area contributed by atoms with Gasteiger partial charge in [0.15, 0.2) is 0 Å². The molecule has 4 rings (SSSR count). The number of hydrogen-bond donors (Lipinski definition) is 4. The molecule has 8 nitrogen and oxygen atoms in total. The van der Waals surface area contributed by atoms with Crippen LogP contribution in [0.2, 0.25) is 0 Å². The van der Waals surface area contributed by atoms with E-state index in [4.69, 9.17) is 0 Å². The average Bonchev–Trinajstić information content (AvgIpc) is 3.15. The van der Waals surface area contributed by atoms with Crippen LogP contribution >= 0.6 is 0 Å². The number of fused-ring (bicyclic) bond motifs is 1. The number of aliphatic hydroxyl groups excluding tert-OH is 2. The third-order valence-corrected chi connectivity index (χ3v) is 6.29. The number of piperidine rings is 1. The Morgan fingerprint density at radius 3 is 2.44 bits per heavy atom. The molecule has 1 fully saturated rings. The summed E-state index contributed by atoms with van der Waals surface area (Å²) in [7, 11) is 0. The zero-order valence-electron chi connectivity index (χ0n) is 18.3. The molecule has 2 unspecified atom stereocenters. The Labute approximate surface area is 192 Å². The Morgan fingerprint density at radius 1 is 1.15 bits per heavy atom. The summed E-state index contributed by atoms with van der Waals surface area (Å²) >= 11 is 0. The summed E-state index contributed by atoms with van der Waals surface area (Å²) in [5.41, 5.74) is 0.754. The number of nitrogens with one attached hydrogen (secondary N) is 2. The van der Waals surface area contributed by atoms with Crippen molar-refractivity contribution in [2.45, 2.75) is 56.5 Å². The number of aliphatic hydroxyl groups is 2. The van der Waals surface area contributed by atoms with E-state index < -0.39 is 48.6 Å². The molecule has 2 aliphatic heterocycles. The highest BCUT2D eigenvalue weighted by molar-refractivity contribution is 5.65. The molecule has 0 saturated carbocycles. The highest BCUT2D eigenvalue weighted by atomic mass is 19.4. The molecule has 186 valence electrons. The number of pyridine rings is 1. The van der Waals surface area contributed by atoms with Crippen molar-refractivity contribution in [2.24, 2.45) is 5.92 Å². The maximum atomic E-state index is 13.9. The van der Waals surface area contributed by atoms with Gasteiger partial charge in [0, 0.05) is 12.1 Å². The van der Waals surface area contributed by atoms with Crippen LogP contribution < -0.4 is 15.5 Å². The van der Waals surface area contributed by atoms with Crippen molar-refractivity contribution in [3.05, 3.63) is 30.1 Å². The maximum absolute atomic E-state index is 13.9. The van der Waals surface area contributed by atoms with Gasteiger partial charge in [0.1, 0.15) is 30.1 Å². The SMILES string of the molecule is C[C@H](C1c2cc(Nc3ccnc(N4C[C@@H](F)[C@@H](O)[C@@H](F)C4)n3)ncc2NC1[C@@H](C)O)C(F)(F)F. The van der Waals surface area contributed by atoms with Crippen molar-refractivity contribution in [3.63, 3.8) is 0 Å². The van der Waals surface area contributed by atoms with Gasteiger partial charge in [-0.15, -0.1) is 0 Å². The first kappa shape index (κ1) is 24.3. The van der Waals surface area contributed by atoms with Gasteiger partial charge in [0.05, 0.1) is 43.0 Å². The first-order valence-corrected chi connectivity index (χ1v) is 10.8. The number of rotatable bonds is 5. The van der Waals surface area contributed by atoms with E-state index in [1.807, 2.05) is 0 Å². The molecule has 0 bridgehead atoms. The first-order valence-electron chi connectivity index (χ1n) is 10.8. The number of hydrogen-bond acceptors (Lipinski definition) is 8. The van der Waals surface area contributed by atoms with E-state index in [1.54, 1.807) is 0 Å². The van der Waals surface area contributed by atoms with Crippen LogP contribution in [-0.4, -0.2) is 75.0 Å². The smallest absolute Gasteiger partial charge is 0.391 e. The Bertz CT molecular complexity index is 1010. The van der Waals surface area contributed by atoms with E-state index in [2.05, 4.69) is 25.6 Å². The minimum Gasteiger partial charge on any atom is -0.391 e.